The Morgan fingerprint density at radius 3 is 2.41 bits per heavy atom. The minimum Gasteiger partial charge on any atom is -0.395 e. The number of aromatic nitrogens is 3. The monoisotopic (exact) mass is 423 g/mol. The first-order valence-corrected chi connectivity index (χ1v) is 11.0. The molecule has 7 heteroatoms. The highest BCUT2D eigenvalue weighted by Crippen LogP contribution is 2.32. The third-order valence-corrected chi connectivity index (χ3v) is 6.10. The summed E-state index contributed by atoms with van der Waals surface area (Å²) in [5.41, 5.74) is 6.52. The molecule has 2 radical (unpaired) electrons. The Kier molecular flexibility index (Phi) is 5.68. The normalized spacial score (nSPS) is 14.9. The molecule has 3 heterocycles. The number of nitrogens with zero attached hydrogens (tertiary/aromatic N) is 5. The molecule has 0 atom stereocenters. The van der Waals surface area contributed by atoms with Gasteiger partial charge in [0.25, 0.3) is 0 Å². The van der Waals surface area contributed by atoms with Crippen molar-refractivity contribution in [2.45, 2.75) is 6.92 Å². The van der Waals surface area contributed by atoms with Gasteiger partial charge in [0.05, 0.1) is 18.0 Å². The first-order chi connectivity index (χ1) is 15.6. The van der Waals surface area contributed by atoms with Crippen LogP contribution in [0.4, 0.5) is 5.82 Å². The van der Waals surface area contributed by atoms with Gasteiger partial charge in [0.2, 0.25) is 0 Å². The van der Waals surface area contributed by atoms with Gasteiger partial charge in [0, 0.05) is 49.9 Å². The fraction of sp³-hybridized carbons (Fsp3) is 0.280. The van der Waals surface area contributed by atoms with E-state index in [2.05, 4.69) is 34.1 Å². The van der Waals surface area contributed by atoms with Gasteiger partial charge in [0.15, 0.2) is 5.65 Å². The number of β-amino-alcohol motifs (C(OH)–C–C–N with tert-alkyl or cyclic N) is 1. The Hall–Kier alpha value is -3.16. The number of rotatable bonds is 5. The quantitative estimate of drug-likeness (QED) is 0.500. The molecule has 1 fully saturated rings. The Morgan fingerprint density at radius 2 is 1.69 bits per heavy atom. The Bertz CT molecular complexity index is 1230. The molecule has 1 aliphatic rings. The van der Waals surface area contributed by atoms with E-state index >= 15 is 0 Å². The highest BCUT2D eigenvalue weighted by Gasteiger charge is 2.23. The average molecular weight is 423 g/mol. The highest BCUT2D eigenvalue weighted by atomic mass is 16.3. The van der Waals surface area contributed by atoms with Crippen LogP contribution in [-0.4, -0.2) is 71.8 Å². The molecule has 5 rings (SSSR count). The third-order valence-electron chi connectivity index (χ3n) is 6.10. The van der Waals surface area contributed by atoms with Gasteiger partial charge in [-0.2, -0.15) is 9.61 Å². The molecular weight excluding hydrogens is 397 g/mol. The minimum atomic E-state index is 0.194. The lowest BCUT2D eigenvalue weighted by Crippen LogP contribution is -2.47. The Morgan fingerprint density at radius 1 is 0.938 bits per heavy atom. The number of fused-ring (bicyclic) bond motifs is 1. The third kappa shape index (κ3) is 3.90. The number of hydrogen-bond acceptors (Lipinski definition) is 5. The van der Waals surface area contributed by atoms with Crippen molar-refractivity contribution in [3.63, 3.8) is 0 Å². The lowest BCUT2D eigenvalue weighted by atomic mass is 9.92. The maximum absolute atomic E-state index is 9.28. The summed E-state index contributed by atoms with van der Waals surface area (Å²) in [5.74, 6) is 1.04. The summed E-state index contributed by atoms with van der Waals surface area (Å²) in [4.78, 5) is 9.72. The maximum Gasteiger partial charge on any atom is 0.166 e. The number of piperazine rings is 1. The summed E-state index contributed by atoms with van der Waals surface area (Å²) >= 11 is 0. The molecule has 0 aliphatic carbocycles. The van der Waals surface area contributed by atoms with E-state index in [4.69, 9.17) is 17.9 Å². The largest absolute Gasteiger partial charge is 0.395 e. The van der Waals surface area contributed by atoms with E-state index in [0.29, 0.717) is 0 Å². The van der Waals surface area contributed by atoms with Crippen LogP contribution in [0.15, 0.2) is 60.7 Å². The van der Waals surface area contributed by atoms with E-state index in [1.54, 1.807) is 0 Å². The Labute approximate surface area is 189 Å². The molecule has 4 aromatic rings. The second-order valence-corrected chi connectivity index (χ2v) is 8.24. The molecule has 2 aromatic carbocycles. The van der Waals surface area contributed by atoms with E-state index in [1.807, 2.05) is 47.8 Å². The van der Waals surface area contributed by atoms with Crippen molar-refractivity contribution in [2.75, 3.05) is 44.2 Å². The molecule has 0 unspecified atom stereocenters. The summed E-state index contributed by atoms with van der Waals surface area (Å²) in [7, 11) is 6.09. The molecule has 1 saturated heterocycles. The lowest BCUT2D eigenvalue weighted by molar-refractivity contribution is 0.188. The van der Waals surface area contributed by atoms with E-state index in [1.165, 1.54) is 0 Å². The molecule has 160 valence electrons. The maximum atomic E-state index is 9.28. The molecule has 0 bridgehead atoms. The minimum absolute atomic E-state index is 0.194. The van der Waals surface area contributed by atoms with Crippen LogP contribution in [0.25, 0.3) is 28.0 Å². The molecule has 0 amide bonds. The van der Waals surface area contributed by atoms with E-state index < -0.39 is 0 Å². The summed E-state index contributed by atoms with van der Waals surface area (Å²) in [6.45, 7) is 6.51. The van der Waals surface area contributed by atoms with Gasteiger partial charge in [-0.05, 0) is 12.5 Å². The SMILES string of the molecule is [B]c1cccc(-c2c(C)nn3c(N4CCN(CCO)CC4)cc(-c4ccccc4)nc23)c1. The van der Waals surface area contributed by atoms with Crippen LogP contribution in [0.3, 0.4) is 0 Å². The highest BCUT2D eigenvalue weighted by molar-refractivity contribution is 6.32. The summed E-state index contributed by atoms with van der Waals surface area (Å²) in [5, 5.41) is 14.2. The summed E-state index contributed by atoms with van der Waals surface area (Å²) in [6.07, 6.45) is 0. The number of hydrogen-bond donors (Lipinski definition) is 1. The second kappa shape index (κ2) is 8.77. The zero-order valence-electron chi connectivity index (χ0n) is 18.3. The van der Waals surface area contributed by atoms with Gasteiger partial charge in [-0.3, -0.25) is 4.90 Å². The van der Waals surface area contributed by atoms with Crippen LogP contribution in [0, 0.1) is 6.92 Å². The zero-order chi connectivity index (χ0) is 22.1. The molecule has 32 heavy (non-hydrogen) atoms. The van der Waals surface area contributed by atoms with Crippen molar-refractivity contribution in [2.24, 2.45) is 0 Å². The second-order valence-electron chi connectivity index (χ2n) is 8.24. The fourth-order valence-electron chi connectivity index (χ4n) is 4.46. The van der Waals surface area contributed by atoms with Crippen molar-refractivity contribution in [1.29, 1.82) is 0 Å². The van der Waals surface area contributed by atoms with Gasteiger partial charge in [-0.15, -0.1) is 0 Å². The molecule has 1 N–H and O–H groups in total. The van der Waals surface area contributed by atoms with Gasteiger partial charge >= 0.3 is 0 Å². The van der Waals surface area contributed by atoms with Crippen molar-refractivity contribution in [1.82, 2.24) is 19.5 Å². The number of aliphatic hydroxyl groups excluding tert-OH is 1. The molecule has 0 saturated carbocycles. The summed E-state index contributed by atoms with van der Waals surface area (Å²) < 4.78 is 1.97. The van der Waals surface area contributed by atoms with Gasteiger partial charge in [-0.1, -0.05) is 60.1 Å². The van der Waals surface area contributed by atoms with Crippen LogP contribution in [0.2, 0.25) is 0 Å². The van der Waals surface area contributed by atoms with Crippen LogP contribution < -0.4 is 10.4 Å². The zero-order valence-corrected chi connectivity index (χ0v) is 18.3. The van der Waals surface area contributed by atoms with E-state index in [9.17, 15) is 5.11 Å². The van der Waals surface area contributed by atoms with Crippen LogP contribution in [0.1, 0.15) is 5.69 Å². The fourth-order valence-corrected chi connectivity index (χ4v) is 4.46. The molecule has 2 aromatic heterocycles. The Balaban J connectivity index is 1.67. The van der Waals surface area contributed by atoms with Crippen LogP contribution in [0.5, 0.6) is 0 Å². The number of anilines is 1. The molecular formula is C25H26BN5O. The average Bonchev–Trinajstić information content (AvgIpc) is 3.15. The van der Waals surface area contributed by atoms with E-state index in [-0.39, 0.29) is 6.61 Å². The standard InChI is InChI=1S/C25H26BN5O/c1-18-24(20-8-5-9-21(26)16-20)25-27-22(19-6-3-2-4-7-19)17-23(31(25)28-18)30-12-10-29(11-13-30)14-15-32/h2-9,16-17,32H,10-15H2,1H3. The number of aryl methyl sites for hydroxylation is 1. The first-order valence-electron chi connectivity index (χ1n) is 11.0. The smallest absolute Gasteiger partial charge is 0.166 e. The van der Waals surface area contributed by atoms with Gasteiger partial charge in [0.1, 0.15) is 13.7 Å². The predicted octanol–water partition coefficient (Wildman–Crippen LogP) is 2.28. The first kappa shape index (κ1) is 20.7. The van der Waals surface area contributed by atoms with E-state index in [0.717, 1.165) is 77.7 Å². The topological polar surface area (TPSA) is 56.9 Å². The van der Waals surface area contributed by atoms with Gasteiger partial charge < -0.3 is 10.0 Å². The van der Waals surface area contributed by atoms with Crippen molar-refractivity contribution in [3.05, 3.63) is 66.4 Å². The van der Waals surface area contributed by atoms with Crippen LogP contribution in [-0.2, 0) is 0 Å². The van der Waals surface area contributed by atoms with Gasteiger partial charge in [-0.25, -0.2) is 4.98 Å². The van der Waals surface area contributed by atoms with Crippen molar-refractivity contribution >= 4 is 24.8 Å². The van der Waals surface area contributed by atoms with Crippen LogP contribution >= 0.6 is 0 Å². The number of aliphatic hydroxyl groups is 1. The molecule has 1 aliphatic heterocycles. The van der Waals surface area contributed by atoms with Crippen molar-refractivity contribution < 1.29 is 5.11 Å². The molecule has 6 nitrogen and oxygen atoms in total. The molecule has 0 spiro atoms. The van der Waals surface area contributed by atoms with Crippen molar-refractivity contribution in [3.8, 4) is 22.4 Å². The number of benzene rings is 2. The summed E-state index contributed by atoms with van der Waals surface area (Å²) in [6, 6.07) is 20.3. The predicted molar refractivity (Wildman–Crippen MR) is 130 cm³/mol. The lowest BCUT2D eigenvalue weighted by Gasteiger charge is -2.35.